The van der Waals surface area contributed by atoms with Crippen LogP contribution in [0.5, 0.6) is 0 Å². The Labute approximate surface area is 188 Å². The van der Waals surface area contributed by atoms with Crippen LogP contribution in [0.25, 0.3) is 11.1 Å². The summed E-state index contributed by atoms with van der Waals surface area (Å²) < 4.78 is 5.07. The first-order chi connectivity index (χ1) is 15.1. The van der Waals surface area contributed by atoms with E-state index in [0.29, 0.717) is 5.56 Å². The van der Waals surface area contributed by atoms with Crippen LogP contribution in [0.15, 0.2) is 42.5 Å². The number of unbranched alkanes of at least 4 members (excludes halogenated alkanes) is 1. The van der Waals surface area contributed by atoms with Crippen molar-refractivity contribution < 1.29 is 9.53 Å². The van der Waals surface area contributed by atoms with Gasteiger partial charge < -0.3 is 4.74 Å². The highest BCUT2D eigenvalue weighted by molar-refractivity contribution is 5.97. The number of esters is 1. The molecule has 0 heterocycles. The van der Waals surface area contributed by atoms with E-state index in [1.807, 2.05) is 18.2 Å². The van der Waals surface area contributed by atoms with Crippen LogP contribution in [-0.2, 0) is 11.3 Å². The van der Waals surface area contributed by atoms with Gasteiger partial charge in [-0.05, 0) is 73.2 Å². The van der Waals surface area contributed by atoms with Crippen molar-refractivity contribution in [1.82, 2.24) is 4.90 Å². The molecule has 0 saturated heterocycles. The molecule has 1 aliphatic carbocycles. The van der Waals surface area contributed by atoms with E-state index in [0.717, 1.165) is 30.1 Å². The van der Waals surface area contributed by atoms with Crippen molar-refractivity contribution in [3.8, 4) is 11.1 Å². The first-order valence-electron chi connectivity index (χ1n) is 12.1. The van der Waals surface area contributed by atoms with E-state index in [1.165, 1.54) is 76.1 Å². The number of hydrogen-bond acceptors (Lipinski definition) is 3. The summed E-state index contributed by atoms with van der Waals surface area (Å²) in [5, 5.41) is 0. The van der Waals surface area contributed by atoms with E-state index < -0.39 is 0 Å². The summed E-state index contributed by atoms with van der Waals surface area (Å²) in [5.74, 6) is 0.632. The lowest BCUT2D eigenvalue weighted by atomic mass is 9.87. The van der Waals surface area contributed by atoms with Gasteiger partial charge in [0.1, 0.15) is 0 Å². The zero-order valence-electron chi connectivity index (χ0n) is 19.7. The number of carbonyl (C=O) groups excluding carboxylic acids is 1. The Morgan fingerprint density at radius 1 is 1.03 bits per heavy atom. The number of methoxy groups -OCH3 is 1. The molecule has 1 saturated carbocycles. The molecule has 0 radical (unpaired) electrons. The second-order valence-electron chi connectivity index (χ2n) is 9.11. The lowest BCUT2D eigenvalue weighted by Gasteiger charge is -2.27. The first kappa shape index (κ1) is 23.5. The van der Waals surface area contributed by atoms with Crippen LogP contribution in [0.4, 0.5) is 0 Å². The summed E-state index contributed by atoms with van der Waals surface area (Å²) in [5.41, 5.74) is 5.16. The fourth-order valence-corrected chi connectivity index (χ4v) is 4.83. The first-order valence-corrected chi connectivity index (χ1v) is 12.1. The van der Waals surface area contributed by atoms with Crippen LogP contribution in [-0.4, -0.2) is 31.1 Å². The fourth-order valence-electron chi connectivity index (χ4n) is 4.83. The third kappa shape index (κ3) is 6.67. The minimum absolute atomic E-state index is 0.273. The molecule has 0 spiro atoms. The van der Waals surface area contributed by atoms with Crippen LogP contribution >= 0.6 is 0 Å². The number of benzene rings is 2. The van der Waals surface area contributed by atoms with Crippen molar-refractivity contribution in [1.29, 1.82) is 0 Å². The number of aryl methyl sites for hydroxylation is 1. The minimum atomic E-state index is -0.273. The van der Waals surface area contributed by atoms with Gasteiger partial charge in [-0.25, -0.2) is 4.79 Å². The maximum absolute atomic E-state index is 12.4. The summed E-state index contributed by atoms with van der Waals surface area (Å²) in [7, 11) is 1.45. The monoisotopic (exact) mass is 421 g/mol. The van der Waals surface area contributed by atoms with E-state index in [2.05, 4.69) is 43.0 Å². The van der Waals surface area contributed by atoms with E-state index in [4.69, 9.17) is 4.74 Å². The number of nitrogens with zero attached hydrogens (tertiary/aromatic N) is 1. The molecule has 0 aromatic heterocycles. The molecular weight excluding hydrogens is 382 g/mol. The molecule has 0 N–H and O–H groups in total. The third-order valence-corrected chi connectivity index (χ3v) is 6.74. The van der Waals surface area contributed by atoms with Gasteiger partial charge in [0.25, 0.3) is 0 Å². The van der Waals surface area contributed by atoms with Crippen LogP contribution < -0.4 is 0 Å². The summed E-state index contributed by atoms with van der Waals surface area (Å²) in [6, 6.07) is 14.5. The molecule has 2 aromatic rings. The van der Waals surface area contributed by atoms with E-state index >= 15 is 0 Å². The summed E-state index contributed by atoms with van der Waals surface area (Å²) in [6.07, 6.45) is 10.8. The number of ether oxygens (including phenoxy) is 1. The molecule has 3 rings (SSSR count). The standard InChI is InChI=1S/C28H39NO2/c1-4-5-18-29(19-17-23-12-7-6-8-13-23)21-24-15-16-26(28(30)31-3)27(20-24)25-14-10-9-11-22(25)2/h9-11,14-16,20,23H,4-8,12-13,17-19,21H2,1-3H3. The highest BCUT2D eigenvalue weighted by Gasteiger charge is 2.18. The molecule has 1 aliphatic rings. The Morgan fingerprint density at radius 2 is 1.81 bits per heavy atom. The quantitative estimate of drug-likeness (QED) is 0.386. The highest BCUT2D eigenvalue weighted by Crippen LogP contribution is 2.30. The average molecular weight is 422 g/mol. The summed E-state index contributed by atoms with van der Waals surface area (Å²) in [6.45, 7) is 7.61. The Balaban J connectivity index is 1.81. The SMILES string of the molecule is CCCCN(CCC1CCCCC1)Cc1ccc(C(=O)OC)c(-c2ccccc2C)c1. The Bertz CT molecular complexity index is 839. The predicted octanol–water partition coefficient (Wildman–Crippen LogP) is 7.02. The van der Waals surface area contributed by atoms with Crippen molar-refractivity contribution in [3.63, 3.8) is 0 Å². The van der Waals surface area contributed by atoms with Crippen molar-refractivity contribution >= 4 is 5.97 Å². The van der Waals surface area contributed by atoms with Crippen molar-refractivity contribution in [2.75, 3.05) is 20.2 Å². The van der Waals surface area contributed by atoms with Gasteiger partial charge in [0.05, 0.1) is 12.7 Å². The molecule has 168 valence electrons. The van der Waals surface area contributed by atoms with Crippen molar-refractivity contribution in [2.24, 2.45) is 5.92 Å². The van der Waals surface area contributed by atoms with Crippen molar-refractivity contribution in [2.45, 2.75) is 71.8 Å². The van der Waals surface area contributed by atoms with Gasteiger partial charge in [-0.3, -0.25) is 4.90 Å². The molecular formula is C28H39NO2. The van der Waals surface area contributed by atoms with E-state index in [-0.39, 0.29) is 5.97 Å². The lowest BCUT2D eigenvalue weighted by molar-refractivity contribution is 0.0601. The molecule has 0 unspecified atom stereocenters. The third-order valence-electron chi connectivity index (χ3n) is 6.74. The summed E-state index contributed by atoms with van der Waals surface area (Å²) in [4.78, 5) is 15.1. The molecule has 31 heavy (non-hydrogen) atoms. The van der Waals surface area contributed by atoms with Crippen LogP contribution in [0.2, 0.25) is 0 Å². The van der Waals surface area contributed by atoms with Gasteiger partial charge in [-0.15, -0.1) is 0 Å². The zero-order chi connectivity index (χ0) is 22.1. The molecule has 2 aromatic carbocycles. The smallest absolute Gasteiger partial charge is 0.338 e. The van der Waals surface area contributed by atoms with E-state index in [9.17, 15) is 4.79 Å². The Kier molecular flexibility index (Phi) is 9.14. The Hall–Kier alpha value is -2.13. The van der Waals surface area contributed by atoms with E-state index in [1.54, 1.807) is 0 Å². The largest absolute Gasteiger partial charge is 0.465 e. The highest BCUT2D eigenvalue weighted by atomic mass is 16.5. The van der Waals surface area contributed by atoms with Gasteiger partial charge in [0.15, 0.2) is 0 Å². The molecule has 0 atom stereocenters. The maximum atomic E-state index is 12.4. The number of hydrogen-bond donors (Lipinski definition) is 0. The van der Waals surface area contributed by atoms with Crippen LogP contribution in [0.3, 0.4) is 0 Å². The minimum Gasteiger partial charge on any atom is -0.465 e. The summed E-state index contributed by atoms with van der Waals surface area (Å²) >= 11 is 0. The fraction of sp³-hybridized carbons (Fsp3) is 0.536. The van der Waals surface area contributed by atoms with Crippen LogP contribution in [0.1, 0.15) is 79.8 Å². The molecule has 1 fully saturated rings. The van der Waals surface area contributed by atoms with Crippen LogP contribution in [0, 0.1) is 12.8 Å². The molecule has 3 nitrogen and oxygen atoms in total. The van der Waals surface area contributed by atoms with Gasteiger partial charge >= 0.3 is 5.97 Å². The lowest BCUT2D eigenvalue weighted by Crippen LogP contribution is -2.27. The second kappa shape index (κ2) is 12.0. The topological polar surface area (TPSA) is 29.5 Å². The average Bonchev–Trinajstić information content (AvgIpc) is 2.81. The molecule has 0 aliphatic heterocycles. The van der Waals surface area contributed by atoms with Gasteiger partial charge in [0, 0.05) is 6.54 Å². The zero-order valence-corrected chi connectivity index (χ0v) is 19.7. The number of carbonyl (C=O) groups is 1. The molecule has 0 amide bonds. The Morgan fingerprint density at radius 3 is 2.52 bits per heavy atom. The molecule has 3 heteroatoms. The second-order valence-corrected chi connectivity index (χ2v) is 9.11. The normalized spacial score (nSPS) is 14.7. The van der Waals surface area contributed by atoms with Crippen molar-refractivity contribution in [3.05, 3.63) is 59.2 Å². The van der Waals surface area contributed by atoms with Gasteiger partial charge in [-0.2, -0.15) is 0 Å². The van der Waals surface area contributed by atoms with Gasteiger partial charge in [0.2, 0.25) is 0 Å². The molecule has 0 bridgehead atoms. The maximum Gasteiger partial charge on any atom is 0.338 e. The number of rotatable bonds is 10. The van der Waals surface area contributed by atoms with Gasteiger partial charge in [-0.1, -0.05) is 75.8 Å². The predicted molar refractivity (Wildman–Crippen MR) is 129 cm³/mol.